The third kappa shape index (κ3) is 3.41. The first-order chi connectivity index (χ1) is 7.33. The minimum atomic E-state index is -4.79. The van der Waals surface area contributed by atoms with E-state index < -0.39 is 18.1 Å². The number of hydrogen-bond acceptors (Lipinski definition) is 2. The van der Waals surface area contributed by atoms with Crippen LogP contribution >= 0.6 is 15.9 Å². The van der Waals surface area contributed by atoms with Crippen molar-refractivity contribution in [1.29, 1.82) is 0 Å². The van der Waals surface area contributed by atoms with E-state index in [9.17, 15) is 18.0 Å². The van der Waals surface area contributed by atoms with Crippen molar-refractivity contribution in [2.45, 2.75) is 11.7 Å². The maximum atomic E-state index is 12.0. The Morgan fingerprint density at radius 1 is 1.44 bits per heavy atom. The Morgan fingerprint density at radius 2 is 2.06 bits per heavy atom. The van der Waals surface area contributed by atoms with Crippen molar-refractivity contribution in [3.8, 4) is 5.75 Å². The molecule has 0 fully saturated rings. The Bertz CT molecular complexity index is 403. The first-order valence-corrected chi connectivity index (χ1v) is 5.13. The first kappa shape index (κ1) is 12.8. The number of carbonyl (C=O) groups is 1. The van der Waals surface area contributed by atoms with Crippen LogP contribution < -0.4 is 4.74 Å². The molecule has 1 rings (SSSR count). The molecule has 88 valence electrons. The lowest BCUT2D eigenvalue weighted by Gasteiger charge is -2.12. The zero-order chi connectivity index (χ0) is 12.3. The number of rotatable bonds is 3. The normalized spacial score (nSPS) is 11.2. The Morgan fingerprint density at radius 3 is 2.50 bits per heavy atom. The molecule has 3 nitrogen and oxygen atoms in total. The summed E-state index contributed by atoms with van der Waals surface area (Å²) in [5.74, 6) is -1.62. The van der Waals surface area contributed by atoms with Crippen LogP contribution in [0.4, 0.5) is 13.2 Å². The average Bonchev–Trinajstić information content (AvgIpc) is 2.15. The number of carboxylic acid groups (broad SMARTS) is 1. The topological polar surface area (TPSA) is 46.5 Å². The molecular formula is C9H6BrF3O3. The van der Waals surface area contributed by atoms with Crippen LogP contribution in [-0.2, 0) is 5.33 Å². The molecule has 0 spiro atoms. The monoisotopic (exact) mass is 298 g/mol. The van der Waals surface area contributed by atoms with E-state index in [-0.39, 0.29) is 16.5 Å². The summed E-state index contributed by atoms with van der Waals surface area (Å²) in [4.78, 5) is 10.6. The largest absolute Gasteiger partial charge is 0.573 e. The molecule has 16 heavy (non-hydrogen) atoms. The van der Waals surface area contributed by atoms with E-state index >= 15 is 0 Å². The molecule has 0 unspecified atom stereocenters. The number of ether oxygens (including phenoxy) is 1. The summed E-state index contributed by atoms with van der Waals surface area (Å²) in [5.41, 5.74) is 0.0289. The van der Waals surface area contributed by atoms with Gasteiger partial charge >= 0.3 is 12.3 Å². The summed E-state index contributed by atoms with van der Waals surface area (Å²) < 4.78 is 39.6. The van der Waals surface area contributed by atoms with Gasteiger partial charge in [0.15, 0.2) is 0 Å². The molecule has 1 N–H and O–H groups in total. The number of benzene rings is 1. The van der Waals surface area contributed by atoms with Gasteiger partial charge in [-0.3, -0.25) is 0 Å². The lowest BCUT2D eigenvalue weighted by Crippen LogP contribution is -2.18. The third-order valence-corrected chi connectivity index (χ3v) is 2.28. The molecule has 0 bridgehead atoms. The second kappa shape index (κ2) is 4.73. The van der Waals surface area contributed by atoms with Gasteiger partial charge in [-0.25, -0.2) is 4.79 Å². The van der Waals surface area contributed by atoms with Crippen LogP contribution in [0.5, 0.6) is 5.75 Å². The molecule has 0 atom stereocenters. The van der Waals surface area contributed by atoms with Crippen molar-refractivity contribution in [1.82, 2.24) is 0 Å². The molecule has 0 radical (unpaired) electrons. The number of halogens is 4. The number of alkyl halides is 4. The predicted octanol–water partition coefficient (Wildman–Crippen LogP) is 3.18. The Balaban J connectivity index is 3.07. The maximum absolute atomic E-state index is 12.0. The molecule has 0 amide bonds. The number of hydrogen-bond donors (Lipinski definition) is 1. The van der Waals surface area contributed by atoms with Crippen LogP contribution in [0.1, 0.15) is 15.9 Å². The molecule has 0 aliphatic heterocycles. The fourth-order valence-electron chi connectivity index (χ4n) is 1.04. The molecule has 1 aromatic carbocycles. The second-order valence-electron chi connectivity index (χ2n) is 2.81. The quantitative estimate of drug-likeness (QED) is 0.872. The van der Waals surface area contributed by atoms with Gasteiger partial charge in [-0.15, -0.1) is 13.2 Å². The highest BCUT2D eigenvalue weighted by Gasteiger charge is 2.32. The van der Waals surface area contributed by atoms with Gasteiger partial charge in [-0.05, 0) is 18.2 Å². The number of carboxylic acids is 1. The highest BCUT2D eigenvalue weighted by atomic mass is 79.9. The Labute approximate surface area is 97.0 Å². The predicted molar refractivity (Wildman–Crippen MR) is 52.7 cm³/mol. The number of aromatic carboxylic acids is 1. The molecule has 0 heterocycles. The van der Waals surface area contributed by atoms with Crippen LogP contribution in [0, 0.1) is 0 Å². The second-order valence-corrected chi connectivity index (χ2v) is 3.37. The van der Waals surface area contributed by atoms with Crippen LogP contribution in [-0.4, -0.2) is 17.4 Å². The average molecular weight is 299 g/mol. The van der Waals surface area contributed by atoms with E-state index in [1.165, 1.54) is 0 Å². The van der Waals surface area contributed by atoms with Gasteiger partial charge in [0.1, 0.15) is 5.75 Å². The summed E-state index contributed by atoms with van der Waals surface area (Å²) in [6.07, 6.45) is -4.79. The first-order valence-electron chi connectivity index (χ1n) is 4.01. The van der Waals surface area contributed by atoms with Crippen molar-refractivity contribution in [3.63, 3.8) is 0 Å². The van der Waals surface area contributed by atoms with Gasteiger partial charge < -0.3 is 9.84 Å². The summed E-state index contributed by atoms with van der Waals surface area (Å²) in [6, 6.07) is 3.15. The maximum Gasteiger partial charge on any atom is 0.573 e. The summed E-state index contributed by atoms with van der Waals surface area (Å²) in [7, 11) is 0. The van der Waals surface area contributed by atoms with Crippen LogP contribution in [0.3, 0.4) is 0 Å². The molecule has 0 aliphatic carbocycles. The van der Waals surface area contributed by atoms with Gasteiger partial charge in [0.25, 0.3) is 0 Å². The van der Waals surface area contributed by atoms with Crippen molar-refractivity contribution in [3.05, 3.63) is 29.3 Å². The molecular weight excluding hydrogens is 293 g/mol. The summed E-state index contributed by atoms with van der Waals surface area (Å²) in [5, 5.41) is 8.72. The summed E-state index contributed by atoms with van der Waals surface area (Å²) in [6.45, 7) is 0. The van der Waals surface area contributed by atoms with E-state index in [1.807, 2.05) is 0 Å². The third-order valence-electron chi connectivity index (χ3n) is 1.68. The van der Waals surface area contributed by atoms with Crippen molar-refractivity contribution >= 4 is 21.9 Å². The minimum Gasteiger partial charge on any atom is -0.478 e. The highest BCUT2D eigenvalue weighted by Crippen LogP contribution is 2.28. The van der Waals surface area contributed by atoms with Crippen molar-refractivity contribution in [2.75, 3.05) is 0 Å². The molecule has 0 aliphatic rings. The van der Waals surface area contributed by atoms with E-state index in [1.54, 1.807) is 0 Å². The molecule has 0 aromatic heterocycles. The Hall–Kier alpha value is -1.24. The van der Waals surface area contributed by atoms with Crippen LogP contribution in [0.15, 0.2) is 18.2 Å². The fourth-order valence-corrected chi connectivity index (χ4v) is 1.48. The van der Waals surface area contributed by atoms with Crippen molar-refractivity contribution in [2.24, 2.45) is 0 Å². The van der Waals surface area contributed by atoms with E-state index in [2.05, 4.69) is 20.7 Å². The lowest BCUT2D eigenvalue weighted by molar-refractivity contribution is -0.274. The fraction of sp³-hybridized carbons (Fsp3) is 0.222. The standard InChI is InChI=1S/C9H6BrF3O3/c10-4-6-3-5(8(14)15)1-2-7(6)16-9(11,12)13/h1-3H,4H2,(H,14,15). The molecule has 7 heteroatoms. The summed E-state index contributed by atoms with van der Waals surface area (Å²) >= 11 is 2.96. The Kier molecular flexibility index (Phi) is 3.79. The van der Waals surface area contributed by atoms with Gasteiger partial charge in [0.2, 0.25) is 0 Å². The van der Waals surface area contributed by atoms with Crippen LogP contribution in [0.25, 0.3) is 0 Å². The highest BCUT2D eigenvalue weighted by molar-refractivity contribution is 9.08. The van der Waals surface area contributed by atoms with Gasteiger partial charge in [0, 0.05) is 10.9 Å². The van der Waals surface area contributed by atoms with Gasteiger partial charge in [-0.1, -0.05) is 15.9 Å². The molecule has 0 saturated carbocycles. The van der Waals surface area contributed by atoms with E-state index in [0.717, 1.165) is 18.2 Å². The van der Waals surface area contributed by atoms with E-state index in [4.69, 9.17) is 5.11 Å². The smallest absolute Gasteiger partial charge is 0.478 e. The minimum absolute atomic E-state index is 0.0690. The van der Waals surface area contributed by atoms with Crippen molar-refractivity contribution < 1.29 is 27.8 Å². The lowest BCUT2D eigenvalue weighted by atomic mass is 10.1. The van der Waals surface area contributed by atoms with Gasteiger partial charge in [-0.2, -0.15) is 0 Å². The molecule has 1 aromatic rings. The van der Waals surface area contributed by atoms with Gasteiger partial charge in [0.05, 0.1) is 5.56 Å². The zero-order valence-electron chi connectivity index (χ0n) is 7.71. The van der Waals surface area contributed by atoms with E-state index in [0.29, 0.717) is 0 Å². The SMILES string of the molecule is O=C(O)c1ccc(OC(F)(F)F)c(CBr)c1. The molecule has 0 saturated heterocycles. The zero-order valence-corrected chi connectivity index (χ0v) is 9.30. The van der Waals surface area contributed by atoms with Crippen LogP contribution in [0.2, 0.25) is 0 Å².